The largest absolute Gasteiger partial charge is 0.494 e. The van der Waals surface area contributed by atoms with Gasteiger partial charge >= 0.3 is 0 Å². The molecule has 0 aliphatic heterocycles. The molecule has 1 N–H and O–H groups in total. The van der Waals surface area contributed by atoms with Crippen LogP contribution in [0.25, 0.3) is 22.9 Å². The van der Waals surface area contributed by atoms with Gasteiger partial charge in [-0.25, -0.2) is 0 Å². The molecule has 0 spiro atoms. The van der Waals surface area contributed by atoms with Crippen molar-refractivity contribution >= 4 is 5.91 Å². The second-order valence-electron chi connectivity index (χ2n) is 7.56. The lowest BCUT2D eigenvalue weighted by Gasteiger charge is -2.15. The van der Waals surface area contributed by atoms with Crippen LogP contribution in [0.4, 0.5) is 0 Å². The van der Waals surface area contributed by atoms with E-state index in [4.69, 9.17) is 9.15 Å². The van der Waals surface area contributed by atoms with E-state index in [1.165, 1.54) is 0 Å². The summed E-state index contributed by atoms with van der Waals surface area (Å²) in [4.78, 5) is 12.7. The van der Waals surface area contributed by atoms with Gasteiger partial charge in [0.1, 0.15) is 5.75 Å². The van der Waals surface area contributed by atoms with Gasteiger partial charge in [0.05, 0.1) is 12.6 Å². The lowest BCUT2D eigenvalue weighted by molar-refractivity contribution is 0.0940. The Bertz CT molecular complexity index is 1200. The molecule has 3 aromatic carbocycles. The molecule has 1 heterocycles. The van der Waals surface area contributed by atoms with E-state index in [1.807, 2.05) is 81.4 Å². The molecule has 1 aromatic heterocycles. The first kappa shape index (κ1) is 21.3. The average Bonchev–Trinajstić information content (AvgIpc) is 3.30. The summed E-state index contributed by atoms with van der Waals surface area (Å²) in [7, 11) is 0. The van der Waals surface area contributed by atoms with Crippen molar-refractivity contribution in [3.05, 3.63) is 89.5 Å². The molecule has 1 unspecified atom stereocenters. The Morgan fingerprint density at radius 3 is 2.31 bits per heavy atom. The van der Waals surface area contributed by atoms with Gasteiger partial charge in [-0.15, -0.1) is 10.2 Å². The molecule has 6 heteroatoms. The minimum atomic E-state index is -0.149. The maximum Gasteiger partial charge on any atom is 0.251 e. The number of hydrogen-bond donors (Lipinski definition) is 1. The summed E-state index contributed by atoms with van der Waals surface area (Å²) in [6.07, 6.45) is 0. The topological polar surface area (TPSA) is 77.2 Å². The fourth-order valence-corrected chi connectivity index (χ4v) is 3.38. The Labute approximate surface area is 187 Å². The van der Waals surface area contributed by atoms with Gasteiger partial charge < -0.3 is 14.5 Å². The predicted molar refractivity (Wildman–Crippen MR) is 123 cm³/mol. The molecule has 0 bridgehead atoms. The molecule has 4 aromatic rings. The molecule has 4 rings (SSSR count). The summed E-state index contributed by atoms with van der Waals surface area (Å²) in [5.41, 5.74) is 4.32. The zero-order chi connectivity index (χ0) is 22.5. The first-order valence-corrected chi connectivity index (χ1v) is 10.6. The molecular weight excluding hydrogens is 402 g/mol. The molecule has 0 aliphatic rings. The van der Waals surface area contributed by atoms with Crippen LogP contribution >= 0.6 is 0 Å². The normalized spacial score (nSPS) is 11.7. The molecule has 0 radical (unpaired) electrons. The van der Waals surface area contributed by atoms with Gasteiger partial charge in [-0.2, -0.15) is 0 Å². The number of rotatable bonds is 7. The van der Waals surface area contributed by atoms with Crippen molar-refractivity contribution in [2.45, 2.75) is 26.8 Å². The molecule has 0 aliphatic carbocycles. The highest BCUT2D eigenvalue weighted by Crippen LogP contribution is 2.25. The van der Waals surface area contributed by atoms with Crippen LogP contribution in [-0.2, 0) is 0 Å². The van der Waals surface area contributed by atoms with Crippen molar-refractivity contribution < 1.29 is 13.9 Å². The highest BCUT2D eigenvalue weighted by Gasteiger charge is 2.14. The highest BCUT2D eigenvalue weighted by molar-refractivity contribution is 5.94. The van der Waals surface area contributed by atoms with Crippen LogP contribution in [0.2, 0.25) is 0 Å². The van der Waals surface area contributed by atoms with Crippen LogP contribution in [-0.4, -0.2) is 22.7 Å². The Balaban J connectivity index is 1.42. The van der Waals surface area contributed by atoms with E-state index in [0.29, 0.717) is 24.0 Å². The first-order valence-electron chi connectivity index (χ1n) is 10.6. The fourth-order valence-electron chi connectivity index (χ4n) is 3.38. The number of ether oxygens (including phenoxy) is 1. The van der Waals surface area contributed by atoms with Gasteiger partial charge in [0.15, 0.2) is 0 Å². The van der Waals surface area contributed by atoms with Crippen molar-refractivity contribution in [3.63, 3.8) is 0 Å². The minimum absolute atomic E-state index is 0.134. The van der Waals surface area contributed by atoms with E-state index in [2.05, 4.69) is 15.5 Å². The zero-order valence-corrected chi connectivity index (χ0v) is 18.3. The lowest BCUT2D eigenvalue weighted by Crippen LogP contribution is -2.26. The number of nitrogens with one attached hydrogen (secondary N) is 1. The number of hydrogen-bond acceptors (Lipinski definition) is 5. The van der Waals surface area contributed by atoms with Crippen LogP contribution in [0.1, 0.15) is 41.4 Å². The number of carbonyl (C=O) groups is 1. The number of carbonyl (C=O) groups excluding carboxylic acids is 1. The van der Waals surface area contributed by atoms with Crippen LogP contribution in [0, 0.1) is 6.92 Å². The molecule has 0 saturated carbocycles. The van der Waals surface area contributed by atoms with Gasteiger partial charge in [-0.1, -0.05) is 29.8 Å². The summed E-state index contributed by atoms with van der Waals surface area (Å²) in [6, 6.07) is 22.6. The van der Waals surface area contributed by atoms with Crippen molar-refractivity contribution in [2.24, 2.45) is 0 Å². The van der Waals surface area contributed by atoms with E-state index in [9.17, 15) is 4.79 Å². The monoisotopic (exact) mass is 427 g/mol. The number of amides is 1. The predicted octanol–water partition coefficient (Wildman–Crippen LogP) is 5.60. The second-order valence-corrected chi connectivity index (χ2v) is 7.56. The van der Waals surface area contributed by atoms with Crippen molar-refractivity contribution in [1.29, 1.82) is 0 Å². The van der Waals surface area contributed by atoms with Gasteiger partial charge in [-0.3, -0.25) is 4.79 Å². The third-order valence-corrected chi connectivity index (χ3v) is 5.12. The van der Waals surface area contributed by atoms with Gasteiger partial charge in [0.2, 0.25) is 11.8 Å². The summed E-state index contributed by atoms with van der Waals surface area (Å²) in [6.45, 7) is 6.54. The molecule has 0 saturated heterocycles. The van der Waals surface area contributed by atoms with Crippen molar-refractivity contribution in [3.8, 4) is 28.7 Å². The molecule has 32 heavy (non-hydrogen) atoms. The van der Waals surface area contributed by atoms with E-state index in [1.54, 1.807) is 12.1 Å². The molecule has 6 nitrogen and oxygen atoms in total. The van der Waals surface area contributed by atoms with Crippen LogP contribution < -0.4 is 10.1 Å². The van der Waals surface area contributed by atoms with Crippen molar-refractivity contribution in [1.82, 2.24) is 15.5 Å². The van der Waals surface area contributed by atoms with E-state index in [-0.39, 0.29) is 11.9 Å². The quantitative estimate of drug-likeness (QED) is 0.415. The summed E-state index contributed by atoms with van der Waals surface area (Å²) in [5.74, 6) is 1.55. The van der Waals surface area contributed by atoms with E-state index < -0.39 is 0 Å². The minimum Gasteiger partial charge on any atom is -0.494 e. The van der Waals surface area contributed by atoms with Crippen molar-refractivity contribution in [2.75, 3.05) is 6.61 Å². The Kier molecular flexibility index (Phi) is 6.31. The Morgan fingerprint density at radius 2 is 1.66 bits per heavy atom. The van der Waals surface area contributed by atoms with Gasteiger partial charge in [0.25, 0.3) is 5.91 Å². The van der Waals surface area contributed by atoms with Crippen LogP contribution in [0.15, 0.2) is 77.2 Å². The SMILES string of the molecule is CCOc1ccc(C(C)NC(=O)c2ccc(-c3nnc(-c4cccc(C)c4)o3)cc2)cc1. The molecule has 0 fully saturated rings. The number of aryl methyl sites for hydroxylation is 1. The second kappa shape index (κ2) is 9.47. The highest BCUT2D eigenvalue weighted by atomic mass is 16.5. The summed E-state index contributed by atoms with van der Waals surface area (Å²) < 4.78 is 11.3. The van der Waals surface area contributed by atoms with Crippen LogP contribution in [0.3, 0.4) is 0 Å². The van der Waals surface area contributed by atoms with Crippen LogP contribution in [0.5, 0.6) is 5.75 Å². The van der Waals surface area contributed by atoms with E-state index >= 15 is 0 Å². The maximum absolute atomic E-state index is 12.7. The number of benzene rings is 3. The zero-order valence-electron chi connectivity index (χ0n) is 18.3. The first-order chi connectivity index (χ1) is 15.5. The Hall–Kier alpha value is -3.93. The average molecular weight is 428 g/mol. The number of aromatic nitrogens is 2. The molecule has 1 atom stereocenters. The smallest absolute Gasteiger partial charge is 0.251 e. The third kappa shape index (κ3) is 4.86. The summed E-state index contributed by atoms with van der Waals surface area (Å²) >= 11 is 0. The lowest BCUT2D eigenvalue weighted by atomic mass is 10.1. The van der Waals surface area contributed by atoms with E-state index in [0.717, 1.165) is 28.0 Å². The maximum atomic E-state index is 12.7. The third-order valence-electron chi connectivity index (χ3n) is 5.12. The molecule has 162 valence electrons. The summed E-state index contributed by atoms with van der Waals surface area (Å²) in [5, 5.41) is 11.3. The standard InChI is InChI=1S/C26H25N3O3/c1-4-31-23-14-12-19(13-15-23)18(3)27-24(30)20-8-10-21(11-9-20)25-28-29-26(32-25)22-7-5-6-17(2)16-22/h5-16,18H,4H2,1-3H3,(H,27,30). The molecule has 1 amide bonds. The Morgan fingerprint density at radius 1 is 0.969 bits per heavy atom. The molecular formula is C26H25N3O3. The fraction of sp³-hybridized carbons (Fsp3) is 0.192. The van der Waals surface area contributed by atoms with Gasteiger partial charge in [-0.05, 0) is 74.9 Å². The van der Waals surface area contributed by atoms with Gasteiger partial charge in [0, 0.05) is 16.7 Å². The number of nitrogens with zero attached hydrogens (tertiary/aromatic N) is 2.